The Balaban J connectivity index is 1.66. The lowest BCUT2D eigenvalue weighted by molar-refractivity contribution is -0.139. The Labute approximate surface area is 247 Å². The van der Waals surface area contributed by atoms with Crippen molar-refractivity contribution in [2.24, 2.45) is 0 Å². The van der Waals surface area contributed by atoms with E-state index >= 15 is 0 Å². The Morgan fingerprint density at radius 1 is 0.976 bits per heavy atom. The number of benzene rings is 3. The van der Waals surface area contributed by atoms with Crippen molar-refractivity contribution in [3.8, 4) is 5.75 Å². The van der Waals surface area contributed by atoms with Crippen molar-refractivity contribution in [3.63, 3.8) is 0 Å². The van der Waals surface area contributed by atoms with Gasteiger partial charge in [0.25, 0.3) is 10.0 Å². The lowest BCUT2D eigenvalue weighted by Crippen LogP contribution is -2.53. The van der Waals surface area contributed by atoms with Crippen molar-refractivity contribution in [2.45, 2.75) is 62.6 Å². The highest BCUT2D eigenvalue weighted by Gasteiger charge is 2.33. The molecule has 0 radical (unpaired) electrons. The number of methoxy groups -OCH3 is 1. The molecule has 8 nitrogen and oxygen atoms in total. The number of ether oxygens (including phenoxy) is 1. The van der Waals surface area contributed by atoms with Gasteiger partial charge in [-0.2, -0.15) is 0 Å². The van der Waals surface area contributed by atoms with Gasteiger partial charge in [-0.3, -0.25) is 13.9 Å². The van der Waals surface area contributed by atoms with E-state index in [-0.39, 0.29) is 29.1 Å². The number of amides is 2. The number of carbonyl (C=O) groups is 2. The molecule has 3 aromatic rings. The molecule has 0 spiro atoms. The van der Waals surface area contributed by atoms with Crippen molar-refractivity contribution in [1.82, 2.24) is 10.2 Å². The zero-order valence-electron chi connectivity index (χ0n) is 23.3. The second kappa shape index (κ2) is 13.9. The number of nitrogens with zero attached hydrogens (tertiary/aromatic N) is 2. The van der Waals surface area contributed by atoms with Crippen molar-refractivity contribution in [2.75, 3.05) is 18.0 Å². The predicted octanol–water partition coefficient (Wildman–Crippen LogP) is 5.41. The van der Waals surface area contributed by atoms with Gasteiger partial charge in [0.05, 0.1) is 17.7 Å². The number of halogens is 1. The molecule has 1 saturated carbocycles. The van der Waals surface area contributed by atoms with Crippen LogP contribution in [-0.4, -0.2) is 50.9 Å². The van der Waals surface area contributed by atoms with Crippen molar-refractivity contribution < 1.29 is 22.7 Å². The molecule has 218 valence electrons. The quantitative estimate of drug-likeness (QED) is 0.319. The maximum Gasteiger partial charge on any atom is 0.264 e. The SMILES string of the molecule is COc1ccc(CN(C(=O)CN(c2cccc(Cl)c2)S(=O)(=O)c2ccccc2)[C@@H](C)C(=O)NC2CCCCC2)cc1. The molecule has 2 amide bonds. The van der Waals surface area contributed by atoms with Gasteiger partial charge in [0.2, 0.25) is 11.8 Å². The molecule has 0 aliphatic heterocycles. The van der Waals surface area contributed by atoms with Gasteiger partial charge in [-0.25, -0.2) is 8.42 Å². The summed E-state index contributed by atoms with van der Waals surface area (Å²) in [5, 5.41) is 3.44. The third-order valence-electron chi connectivity index (χ3n) is 7.34. The maximum absolute atomic E-state index is 14.0. The van der Waals surface area contributed by atoms with E-state index < -0.39 is 28.5 Å². The molecule has 3 aromatic carbocycles. The highest BCUT2D eigenvalue weighted by atomic mass is 35.5. The van der Waals surface area contributed by atoms with E-state index in [0.717, 1.165) is 42.0 Å². The predicted molar refractivity (Wildman–Crippen MR) is 160 cm³/mol. The summed E-state index contributed by atoms with van der Waals surface area (Å²) in [4.78, 5) is 28.9. The Kier molecular flexibility index (Phi) is 10.3. The van der Waals surface area contributed by atoms with E-state index in [4.69, 9.17) is 16.3 Å². The van der Waals surface area contributed by atoms with Crippen LogP contribution in [0.4, 0.5) is 5.69 Å². The zero-order valence-corrected chi connectivity index (χ0v) is 24.9. The van der Waals surface area contributed by atoms with Crippen LogP contribution in [0, 0.1) is 0 Å². The molecule has 1 atom stereocenters. The first-order valence-electron chi connectivity index (χ1n) is 13.7. The highest BCUT2D eigenvalue weighted by Crippen LogP contribution is 2.27. The number of carbonyl (C=O) groups excluding carboxylic acids is 2. The summed E-state index contributed by atoms with van der Waals surface area (Å²) in [7, 11) is -2.57. The van der Waals surface area contributed by atoms with Crippen LogP contribution in [0.2, 0.25) is 5.02 Å². The van der Waals surface area contributed by atoms with E-state index in [0.29, 0.717) is 10.8 Å². The van der Waals surface area contributed by atoms with Crippen LogP contribution in [0.1, 0.15) is 44.6 Å². The highest BCUT2D eigenvalue weighted by molar-refractivity contribution is 7.92. The first-order valence-corrected chi connectivity index (χ1v) is 15.6. The van der Waals surface area contributed by atoms with E-state index in [9.17, 15) is 18.0 Å². The van der Waals surface area contributed by atoms with Crippen LogP contribution in [0.5, 0.6) is 5.75 Å². The topological polar surface area (TPSA) is 96.0 Å². The molecule has 1 aliphatic rings. The third-order valence-corrected chi connectivity index (χ3v) is 9.36. The fraction of sp³-hybridized carbons (Fsp3) is 0.355. The molecule has 10 heteroatoms. The second-order valence-electron chi connectivity index (χ2n) is 10.2. The van der Waals surface area contributed by atoms with Crippen LogP contribution < -0.4 is 14.4 Å². The minimum absolute atomic E-state index is 0.0394. The number of hydrogen-bond acceptors (Lipinski definition) is 5. The first kappa shape index (κ1) is 30.4. The molecule has 1 aliphatic carbocycles. The maximum atomic E-state index is 14.0. The molecular weight excluding hydrogens is 562 g/mol. The summed E-state index contributed by atoms with van der Waals surface area (Å²) in [5.41, 5.74) is 1.02. The Morgan fingerprint density at radius 3 is 2.29 bits per heavy atom. The van der Waals surface area contributed by atoms with Gasteiger partial charge < -0.3 is 15.0 Å². The summed E-state index contributed by atoms with van der Waals surface area (Å²) in [5.74, 6) is -0.124. The summed E-state index contributed by atoms with van der Waals surface area (Å²) >= 11 is 6.22. The van der Waals surface area contributed by atoms with Crippen LogP contribution in [0.3, 0.4) is 0 Å². The molecule has 4 rings (SSSR count). The molecule has 0 bridgehead atoms. The number of hydrogen-bond donors (Lipinski definition) is 1. The summed E-state index contributed by atoms with van der Waals surface area (Å²) in [6, 6.07) is 20.7. The average molecular weight is 598 g/mol. The molecule has 0 saturated heterocycles. The molecular formula is C31H36ClN3O5S. The van der Waals surface area contributed by atoms with Crippen LogP contribution >= 0.6 is 11.6 Å². The average Bonchev–Trinajstić information content (AvgIpc) is 2.99. The Hall–Kier alpha value is -3.56. The zero-order chi connectivity index (χ0) is 29.4. The fourth-order valence-electron chi connectivity index (χ4n) is 4.96. The molecule has 1 N–H and O–H groups in total. The Morgan fingerprint density at radius 2 is 1.66 bits per heavy atom. The van der Waals surface area contributed by atoms with E-state index in [2.05, 4.69) is 5.32 Å². The van der Waals surface area contributed by atoms with E-state index in [1.54, 1.807) is 62.6 Å². The van der Waals surface area contributed by atoms with E-state index in [1.807, 2.05) is 12.1 Å². The summed E-state index contributed by atoms with van der Waals surface area (Å²) in [6.07, 6.45) is 5.07. The van der Waals surface area contributed by atoms with Gasteiger partial charge in [-0.1, -0.05) is 67.3 Å². The van der Waals surface area contributed by atoms with E-state index in [1.165, 1.54) is 23.1 Å². The monoisotopic (exact) mass is 597 g/mol. The number of rotatable bonds is 11. The number of nitrogens with one attached hydrogen (secondary N) is 1. The van der Waals surface area contributed by atoms with Crippen molar-refractivity contribution in [3.05, 3.63) is 89.4 Å². The Bertz CT molecular complexity index is 1430. The van der Waals surface area contributed by atoms with Gasteiger partial charge in [0, 0.05) is 17.6 Å². The van der Waals surface area contributed by atoms with Crippen LogP contribution in [0.25, 0.3) is 0 Å². The normalized spacial score (nSPS) is 14.6. The third kappa shape index (κ3) is 7.80. The lowest BCUT2D eigenvalue weighted by Gasteiger charge is -2.33. The molecule has 41 heavy (non-hydrogen) atoms. The standard InChI is InChI=1S/C31H36ClN3O5S/c1-23(31(37)33-26-11-5-3-6-12-26)34(21-24-16-18-28(40-2)19-17-24)30(36)22-35(27-13-9-10-25(32)20-27)41(38,39)29-14-7-4-8-15-29/h4,7-10,13-20,23,26H,3,5-6,11-12,21-22H2,1-2H3,(H,33,37)/t23-/m0/s1. The summed E-state index contributed by atoms with van der Waals surface area (Å²) in [6.45, 7) is 1.26. The van der Waals surface area contributed by atoms with Crippen molar-refractivity contribution in [1.29, 1.82) is 0 Å². The van der Waals surface area contributed by atoms with Crippen LogP contribution in [0.15, 0.2) is 83.8 Å². The number of sulfonamides is 1. The number of anilines is 1. The second-order valence-corrected chi connectivity index (χ2v) is 12.5. The lowest BCUT2D eigenvalue weighted by atomic mass is 9.95. The van der Waals surface area contributed by atoms with Gasteiger partial charge in [-0.15, -0.1) is 0 Å². The minimum Gasteiger partial charge on any atom is -0.497 e. The van der Waals surface area contributed by atoms with Crippen LogP contribution in [-0.2, 0) is 26.2 Å². The van der Waals surface area contributed by atoms with Gasteiger partial charge in [0.1, 0.15) is 18.3 Å². The fourth-order valence-corrected chi connectivity index (χ4v) is 6.57. The molecule has 0 unspecified atom stereocenters. The van der Waals surface area contributed by atoms with Gasteiger partial charge >= 0.3 is 0 Å². The summed E-state index contributed by atoms with van der Waals surface area (Å²) < 4.78 is 33.9. The molecule has 0 heterocycles. The smallest absolute Gasteiger partial charge is 0.264 e. The van der Waals surface area contributed by atoms with Gasteiger partial charge in [-0.05, 0) is 67.8 Å². The van der Waals surface area contributed by atoms with Gasteiger partial charge in [0.15, 0.2) is 0 Å². The minimum atomic E-state index is -4.14. The molecule has 1 fully saturated rings. The first-order chi connectivity index (χ1) is 19.7. The van der Waals surface area contributed by atoms with Crippen molar-refractivity contribution >= 4 is 39.1 Å². The largest absolute Gasteiger partial charge is 0.497 e. The molecule has 0 aromatic heterocycles.